The molecule has 0 saturated carbocycles. The molecule has 1 fully saturated rings. The van der Waals surface area contributed by atoms with Gasteiger partial charge in [-0.2, -0.15) is 0 Å². The van der Waals surface area contributed by atoms with Crippen LogP contribution in [0.3, 0.4) is 0 Å². The van der Waals surface area contributed by atoms with Gasteiger partial charge in [0.2, 0.25) is 0 Å². The second kappa shape index (κ2) is 4.19. The van der Waals surface area contributed by atoms with E-state index < -0.39 is 0 Å². The number of nitrogens with zero attached hydrogens (tertiary/aromatic N) is 2. The first-order chi connectivity index (χ1) is 7.16. The van der Waals surface area contributed by atoms with E-state index in [0.29, 0.717) is 6.04 Å². The van der Waals surface area contributed by atoms with Gasteiger partial charge in [-0.25, -0.2) is 4.39 Å². The van der Waals surface area contributed by atoms with E-state index in [1.807, 2.05) is 12.1 Å². The first kappa shape index (κ1) is 10.4. The van der Waals surface area contributed by atoms with Crippen LogP contribution >= 0.6 is 0 Å². The summed E-state index contributed by atoms with van der Waals surface area (Å²) in [6, 6.07) is 7.27. The molecular formula is C12H17FN2. The van der Waals surface area contributed by atoms with Gasteiger partial charge in [0.1, 0.15) is 5.82 Å². The highest BCUT2D eigenvalue weighted by atomic mass is 19.1. The molecule has 0 radical (unpaired) electrons. The normalized spacial score (nSPS) is 23.1. The molecule has 2 nitrogen and oxygen atoms in total. The van der Waals surface area contributed by atoms with E-state index in [2.05, 4.69) is 23.8 Å². The molecule has 3 heteroatoms. The van der Waals surface area contributed by atoms with Gasteiger partial charge in [0.25, 0.3) is 0 Å². The summed E-state index contributed by atoms with van der Waals surface area (Å²) in [7, 11) is 2.14. The average Bonchev–Trinajstić information content (AvgIpc) is 2.20. The number of halogens is 1. The monoisotopic (exact) mass is 208 g/mol. The molecular weight excluding hydrogens is 191 g/mol. The third-order valence-corrected chi connectivity index (χ3v) is 2.99. The van der Waals surface area contributed by atoms with E-state index in [0.717, 1.165) is 25.3 Å². The molecule has 0 N–H and O–H groups in total. The molecule has 0 aromatic heterocycles. The third-order valence-electron chi connectivity index (χ3n) is 2.99. The van der Waals surface area contributed by atoms with E-state index in [-0.39, 0.29) is 5.82 Å². The van der Waals surface area contributed by atoms with Crippen LogP contribution in [0.4, 0.5) is 10.1 Å². The minimum absolute atomic E-state index is 0.166. The number of hydrogen-bond donors (Lipinski definition) is 0. The molecule has 82 valence electrons. The lowest BCUT2D eigenvalue weighted by Gasteiger charge is -2.39. The predicted molar refractivity (Wildman–Crippen MR) is 60.7 cm³/mol. The highest BCUT2D eigenvalue weighted by molar-refractivity contribution is 5.47. The minimum atomic E-state index is -0.166. The summed E-state index contributed by atoms with van der Waals surface area (Å²) in [5, 5.41) is 0. The zero-order valence-electron chi connectivity index (χ0n) is 9.28. The van der Waals surface area contributed by atoms with Crippen molar-refractivity contribution >= 4 is 5.69 Å². The van der Waals surface area contributed by atoms with Crippen molar-refractivity contribution in [1.82, 2.24) is 4.90 Å². The van der Waals surface area contributed by atoms with Gasteiger partial charge >= 0.3 is 0 Å². The van der Waals surface area contributed by atoms with Gasteiger partial charge in [-0.05, 0) is 38.2 Å². The lowest BCUT2D eigenvalue weighted by molar-refractivity contribution is 0.275. The summed E-state index contributed by atoms with van der Waals surface area (Å²) < 4.78 is 12.8. The topological polar surface area (TPSA) is 6.48 Å². The molecule has 1 aromatic carbocycles. The fourth-order valence-corrected chi connectivity index (χ4v) is 2.16. The zero-order valence-corrected chi connectivity index (χ0v) is 9.28. The number of rotatable bonds is 1. The molecule has 1 aliphatic rings. The Morgan fingerprint density at radius 2 is 1.87 bits per heavy atom. The van der Waals surface area contributed by atoms with Crippen molar-refractivity contribution in [3.8, 4) is 0 Å². The maximum Gasteiger partial charge on any atom is 0.123 e. The third kappa shape index (κ3) is 2.29. The highest BCUT2D eigenvalue weighted by Crippen LogP contribution is 2.20. The molecule has 0 amide bonds. The van der Waals surface area contributed by atoms with E-state index in [1.54, 1.807) is 0 Å². The maximum absolute atomic E-state index is 12.8. The van der Waals surface area contributed by atoms with E-state index in [9.17, 15) is 4.39 Å². The zero-order chi connectivity index (χ0) is 10.8. The summed E-state index contributed by atoms with van der Waals surface area (Å²) in [6.07, 6.45) is 0. The summed E-state index contributed by atoms with van der Waals surface area (Å²) in [4.78, 5) is 4.66. The van der Waals surface area contributed by atoms with Crippen molar-refractivity contribution in [3.05, 3.63) is 30.1 Å². The molecule has 1 heterocycles. The standard InChI is InChI=1S/C12H17FN2/c1-10-9-14(2)7-8-15(10)12-5-3-11(13)4-6-12/h3-6,10H,7-9H2,1-2H3/t10-/m1/s1. The largest absolute Gasteiger partial charge is 0.366 e. The Labute approximate surface area is 90.3 Å². The summed E-state index contributed by atoms with van der Waals surface area (Å²) in [5.74, 6) is -0.166. The minimum Gasteiger partial charge on any atom is -0.366 e. The highest BCUT2D eigenvalue weighted by Gasteiger charge is 2.21. The van der Waals surface area contributed by atoms with Crippen molar-refractivity contribution < 1.29 is 4.39 Å². The molecule has 1 aromatic rings. The van der Waals surface area contributed by atoms with Crippen molar-refractivity contribution in [2.75, 3.05) is 31.6 Å². The Morgan fingerprint density at radius 1 is 1.20 bits per heavy atom. The summed E-state index contributed by atoms with van der Waals surface area (Å²) >= 11 is 0. The van der Waals surface area contributed by atoms with Crippen LogP contribution in [0.1, 0.15) is 6.92 Å². The number of piperazine rings is 1. The molecule has 2 rings (SSSR count). The number of benzene rings is 1. The second-order valence-corrected chi connectivity index (χ2v) is 4.28. The van der Waals surface area contributed by atoms with Gasteiger partial charge in [0, 0.05) is 31.4 Å². The fourth-order valence-electron chi connectivity index (χ4n) is 2.16. The number of likely N-dealkylation sites (N-methyl/N-ethyl adjacent to an activating group) is 1. The summed E-state index contributed by atoms with van der Waals surface area (Å²) in [6.45, 7) is 5.36. The lowest BCUT2D eigenvalue weighted by atomic mass is 10.1. The molecule has 0 spiro atoms. The molecule has 1 aliphatic heterocycles. The van der Waals surface area contributed by atoms with Crippen LogP contribution < -0.4 is 4.90 Å². The molecule has 0 bridgehead atoms. The number of anilines is 1. The van der Waals surface area contributed by atoms with E-state index in [1.165, 1.54) is 12.1 Å². The molecule has 0 aliphatic carbocycles. The predicted octanol–water partition coefficient (Wildman–Crippen LogP) is 1.97. The average molecular weight is 208 g/mol. The molecule has 15 heavy (non-hydrogen) atoms. The van der Waals surface area contributed by atoms with Gasteiger partial charge in [-0.3, -0.25) is 0 Å². The van der Waals surface area contributed by atoms with E-state index >= 15 is 0 Å². The van der Waals surface area contributed by atoms with Crippen LogP contribution in [-0.2, 0) is 0 Å². The fraction of sp³-hybridized carbons (Fsp3) is 0.500. The molecule has 1 atom stereocenters. The van der Waals surface area contributed by atoms with Crippen LogP contribution in [0.5, 0.6) is 0 Å². The Bertz CT molecular complexity index is 323. The van der Waals surface area contributed by atoms with Crippen LogP contribution in [-0.4, -0.2) is 37.6 Å². The smallest absolute Gasteiger partial charge is 0.123 e. The number of hydrogen-bond acceptors (Lipinski definition) is 2. The first-order valence-corrected chi connectivity index (χ1v) is 5.37. The molecule has 0 unspecified atom stereocenters. The Morgan fingerprint density at radius 3 is 2.47 bits per heavy atom. The summed E-state index contributed by atoms with van der Waals surface area (Å²) in [5.41, 5.74) is 1.12. The van der Waals surface area contributed by atoms with Crippen LogP contribution in [0.25, 0.3) is 0 Å². The first-order valence-electron chi connectivity index (χ1n) is 5.37. The van der Waals surface area contributed by atoms with Crippen molar-refractivity contribution in [2.24, 2.45) is 0 Å². The molecule has 1 saturated heterocycles. The van der Waals surface area contributed by atoms with Gasteiger partial charge < -0.3 is 9.80 Å². The Kier molecular flexibility index (Phi) is 2.91. The maximum atomic E-state index is 12.8. The lowest BCUT2D eigenvalue weighted by Crippen LogP contribution is -2.50. The van der Waals surface area contributed by atoms with Gasteiger partial charge in [-0.1, -0.05) is 0 Å². The van der Waals surface area contributed by atoms with Gasteiger partial charge in [-0.15, -0.1) is 0 Å². The van der Waals surface area contributed by atoms with E-state index in [4.69, 9.17) is 0 Å². The van der Waals surface area contributed by atoms with Crippen LogP contribution in [0, 0.1) is 5.82 Å². The van der Waals surface area contributed by atoms with Crippen molar-refractivity contribution in [2.45, 2.75) is 13.0 Å². The van der Waals surface area contributed by atoms with Crippen molar-refractivity contribution in [1.29, 1.82) is 0 Å². The van der Waals surface area contributed by atoms with Crippen LogP contribution in [0.15, 0.2) is 24.3 Å². The van der Waals surface area contributed by atoms with Crippen LogP contribution in [0.2, 0.25) is 0 Å². The SMILES string of the molecule is C[C@@H]1CN(C)CCN1c1ccc(F)cc1. The Balaban J connectivity index is 2.13. The quantitative estimate of drug-likeness (QED) is 0.696. The van der Waals surface area contributed by atoms with Gasteiger partial charge in [0.15, 0.2) is 0 Å². The van der Waals surface area contributed by atoms with Gasteiger partial charge in [0.05, 0.1) is 0 Å². The Hall–Kier alpha value is -1.09. The second-order valence-electron chi connectivity index (χ2n) is 4.28. The van der Waals surface area contributed by atoms with Crippen molar-refractivity contribution in [3.63, 3.8) is 0 Å².